The van der Waals surface area contributed by atoms with Gasteiger partial charge in [0.25, 0.3) is 0 Å². The average molecular weight is 543 g/mol. The SMILES string of the molecule is Cn1cnnc1CC1(c2cccc(-n3cc4c(C(F)(F)F)cc(CN5CCCC(O)C5)cn4c3=O)c2)COC1. The molecule has 2 aliphatic heterocycles. The van der Waals surface area contributed by atoms with Crippen LogP contribution < -0.4 is 5.69 Å². The molecule has 9 nitrogen and oxygen atoms in total. The van der Waals surface area contributed by atoms with Crippen LogP contribution in [-0.2, 0) is 36.3 Å². The highest BCUT2D eigenvalue weighted by molar-refractivity contribution is 5.58. The molecule has 0 amide bonds. The number of halogens is 3. The van der Waals surface area contributed by atoms with Crippen LogP contribution in [0.4, 0.5) is 13.2 Å². The number of alkyl halides is 3. The fourth-order valence-electron chi connectivity index (χ4n) is 5.65. The van der Waals surface area contributed by atoms with Crippen molar-refractivity contribution in [2.75, 3.05) is 26.3 Å². The Morgan fingerprint density at radius 2 is 2.03 bits per heavy atom. The molecular weight excluding hydrogens is 513 g/mol. The van der Waals surface area contributed by atoms with E-state index >= 15 is 0 Å². The molecule has 0 aliphatic carbocycles. The Morgan fingerprint density at radius 3 is 2.69 bits per heavy atom. The highest BCUT2D eigenvalue weighted by atomic mass is 19.4. The number of nitrogens with zero attached hydrogens (tertiary/aromatic N) is 6. The number of rotatable bonds is 6. The first-order chi connectivity index (χ1) is 18.6. The van der Waals surface area contributed by atoms with Crippen LogP contribution in [0, 0.1) is 0 Å². The molecule has 1 unspecified atom stereocenters. The predicted molar refractivity (Wildman–Crippen MR) is 136 cm³/mol. The Balaban J connectivity index is 1.40. The van der Waals surface area contributed by atoms with Crippen LogP contribution in [-0.4, -0.2) is 66.1 Å². The molecule has 0 radical (unpaired) electrons. The minimum atomic E-state index is -4.65. The molecule has 3 aromatic heterocycles. The van der Waals surface area contributed by atoms with Gasteiger partial charge in [0.15, 0.2) is 0 Å². The Labute approximate surface area is 222 Å². The molecule has 4 aromatic rings. The maximum atomic E-state index is 14.2. The second kappa shape index (κ2) is 9.61. The van der Waals surface area contributed by atoms with Crippen LogP contribution in [0.5, 0.6) is 0 Å². The maximum Gasteiger partial charge on any atom is 0.418 e. The summed E-state index contributed by atoms with van der Waals surface area (Å²) < 4.78 is 52.2. The van der Waals surface area contributed by atoms with E-state index in [2.05, 4.69) is 10.2 Å². The second-order valence-corrected chi connectivity index (χ2v) is 10.7. The number of ether oxygens (including phenoxy) is 1. The van der Waals surface area contributed by atoms with E-state index in [0.717, 1.165) is 28.3 Å². The van der Waals surface area contributed by atoms with Crippen molar-refractivity contribution in [3.8, 4) is 5.69 Å². The van der Waals surface area contributed by atoms with Gasteiger partial charge in [0, 0.05) is 44.4 Å². The second-order valence-electron chi connectivity index (χ2n) is 10.7. The van der Waals surface area contributed by atoms with E-state index in [1.165, 1.54) is 17.0 Å². The summed E-state index contributed by atoms with van der Waals surface area (Å²) in [6, 6.07) is 8.40. The van der Waals surface area contributed by atoms with E-state index in [1.54, 1.807) is 18.5 Å². The third-order valence-electron chi connectivity index (χ3n) is 7.81. The van der Waals surface area contributed by atoms with Crippen LogP contribution in [0.2, 0.25) is 0 Å². The van der Waals surface area contributed by atoms with Gasteiger partial charge in [-0.25, -0.2) is 4.79 Å². The zero-order valence-corrected chi connectivity index (χ0v) is 21.4. The topological polar surface area (TPSA) is 89.8 Å². The molecule has 0 spiro atoms. The fourth-order valence-corrected chi connectivity index (χ4v) is 5.65. The third-order valence-corrected chi connectivity index (χ3v) is 7.81. The van der Waals surface area contributed by atoms with Gasteiger partial charge in [-0.2, -0.15) is 13.2 Å². The van der Waals surface area contributed by atoms with Crippen molar-refractivity contribution in [1.29, 1.82) is 0 Å². The molecule has 0 saturated carbocycles. The summed E-state index contributed by atoms with van der Waals surface area (Å²) in [7, 11) is 1.87. The van der Waals surface area contributed by atoms with Gasteiger partial charge in [0.1, 0.15) is 12.2 Å². The normalized spacial score (nSPS) is 19.9. The van der Waals surface area contributed by atoms with E-state index in [1.807, 2.05) is 28.6 Å². The Hall–Kier alpha value is -3.48. The maximum absolute atomic E-state index is 14.2. The molecule has 0 bridgehead atoms. The van der Waals surface area contributed by atoms with E-state index in [-0.39, 0.29) is 17.5 Å². The number of aliphatic hydroxyl groups excluding tert-OH is 1. The lowest BCUT2D eigenvalue weighted by Gasteiger charge is -2.41. The zero-order chi connectivity index (χ0) is 27.4. The quantitative estimate of drug-likeness (QED) is 0.403. The van der Waals surface area contributed by atoms with Gasteiger partial charge in [-0.3, -0.25) is 13.9 Å². The summed E-state index contributed by atoms with van der Waals surface area (Å²) in [6.07, 6.45) is 1.24. The molecule has 206 valence electrons. The summed E-state index contributed by atoms with van der Waals surface area (Å²) in [5, 5.41) is 18.1. The smallest absolute Gasteiger partial charge is 0.392 e. The number of hydrogen-bond donors (Lipinski definition) is 1. The molecule has 1 N–H and O–H groups in total. The van der Waals surface area contributed by atoms with E-state index in [0.29, 0.717) is 50.4 Å². The zero-order valence-electron chi connectivity index (χ0n) is 21.4. The van der Waals surface area contributed by atoms with Crippen molar-refractivity contribution in [2.45, 2.75) is 43.5 Å². The first-order valence-corrected chi connectivity index (χ1v) is 12.9. The molecule has 39 heavy (non-hydrogen) atoms. The average Bonchev–Trinajstić information content (AvgIpc) is 3.43. The molecular formula is C27H29F3N6O3. The number of piperidine rings is 1. The molecule has 1 aromatic carbocycles. The van der Waals surface area contributed by atoms with Crippen LogP contribution in [0.1, 0.15) is 35.4 Å². The standard InChI is InChI=1S/C27H29F3N6O3/c1-33-17-31-32-24(33)10-26(15-39-16-26)19-4-2-5-20(9-19)35-14-23-22(27(28,29)30)8-18(12-36(23)25(35)38)11-34-7-3-6-21(37)13-34/h2,4-5,8-9,12,14,17,21,37H,3,6-7,10-11,13,15-16H2,1H3. The van der Waals surface area contributed by atoms with Gasteiger partial charge in [-0.1, -0.05) is 12.1 Å². The van der Waals surface area contributed by atoms with Gasteiger partial charge in [-0.15, -0.1) is 10.2 Å². The largest absolute Gasteiger partial charge is 0.418 e. The van der Waals surface area contributed by atoms with Crippen molar-refractivity contribution < 1.29 is 23.0 Å². The van der Waals surface area contributed by atoms with Gasteiger partial charge in [0.05, 0.1) is 36.1 Å². The van der Waals surface area contributed by atoms with Crippen molar-refractivity contribution >= 4 is 5.52 Å². The molecule has 12 heteroatoms. The summed E-state index contributed by atoms with van der Waals surface area (Å²) in [5.74, 6) is 0.791. The lowest BCUT2D eigenvalue weighted by Crippen LogP contribution is -2.49. The number of pyridine rings is 1. The lowest BCUT2D eigenvalue weighted by atomic mass is 9.75. The first-order valence-electron chi connectivity index (χ1n) is 12.9. The minimum absolute atomic E-state index is 0.207. The molecule has 2 aliphatic rings. The molecule has 2 saturated heterocycles. The monoisotopic (exact) mass is 542 g/mol. The van der Waals surface area contributed by atoms with E-state index < -0.39 is 23.5 Å². The number of fused-ring (bicyclic) bond motifs is 1. The van der Waals surface area contributed by atoms with E-state index in [9.17, 15) is 23.1 Å². The number of aliphatic hydroxyl groups is 1. The number of likely N-dealkylation sites (tertiary alicyclic amines) is 1. The number of imidazole rings is 1. The highest BCUT2D eigenvalue weighted by Crippen LogP contribution is 2.37. The number of aromatic nitrogens is 5. The molecule has 1 atom stereocenters. The number of aryl methyl sites for hydroxylation is 1. The summed E-state index contributed by atoms with van der Waals surface area (Å²) in [6.45, 7) is 2.21. The lowest BCUT2D eigenvalue weighted by molar-refractivity contribution is -0.136. The van der Waals surface area contributed by atoms with Crippen molar-refractivity contribution in [1.82, 2.24) is 28.6 Å². The predicted octanol–water partition coefficient (Wildman–Crippen LogP) is 2.70. The first kappa shape index (κ1) is 25.8. The van der Waals surface area contributed by atoms with Crippen LogP contribution >= 0.6 is 0 Å². The van der Waals surface area contributed by atoms with Gasteiger partial charge >= 0.3 is 11.9 Å². The summed E-state index contributed by atoms with van der Waals surface area (Å²) in [5.41, 5.74) is -0.275. The minimum Gasteiger partial charge on any atom is -0.392 e. The fraction of sp³-hybridized carbons (Fsp3) is 0.444. The number of β-amino-alcohol motifs (C(OH)–C–C–N with tert-alkyl or cyclic N) is 1. The molecule has 5 heterocycles. The van der Waals surface area contributed by atoms with Crippen molar-refractivity contribution in [3.05, 3.63) is 82.1 Å². The van der Waals surface area contributed by atoms with Crippen LogP contribution in [0.15, 0.2) is 53.8 Å². The number of hydrogen-bond acceptors (Lipinski definition) is 6. The Bertz CT molecular complexity index is 1570. The van der Waals surface area contributed by atoms with E-state index in [4.69, 9.17) is 4.74 Å². The van der Waals surface area contributed by atoms with Gasteiger partial charge in [0.2, 0.25) is 0 Å². The Morgan fingerprint density at radius 1 is 1.21 bits per heavy atom. The van der Waals surface area contributed by atoms with Gasteiger partial charge in [-0.05, 0) is 48.7 Å². The molecule has 6 rings (SSSR count). The Kier molecular flexibility index (Phi) is 6.35. The van der Waals surface area contributed by atoms with Crippen molar-refractivity contribution in [3.63, 3.8) is 0 Å². The molecule has 2 fully saturated rings. The highest BCUT2D eigenvalue weighted by Gasteiger charge is 2.42. The van der Waals surface area contributed by atoms with Crippen LogP contribution in [0.25, 0.3) is 11.2 Å². The van der Waals surface area contributed by atoms with Gasteiger partial charge < -0.3 is 14.4 Å². The third kappa shape index (κ3) is 4.77. The number of benzene rings is 1. The van der Waals surface area contributed by atoms with Crippen LogP contribution in [0.3, 0.4) is 0 Å². The summed E-state index contributed by atoms with van der Waals surface area (Å²) in [4.78, 5) is 15.4. The summed E-state index contributed by atoms with van der Waals surface area (Å²) >= 11 is 0. The van der Waals surface area contributed by atoms with Crippen molar-refractivity contribution in [2.24, 2.45) is 7.05 Å².